The Kier molecular flexibility index (Phi) is 5.20. The lowest BCUT2D eigenvalue weighted by molar-refractivity contribution is -0.121. The second kappa shape index (κ2) is 8.09. The zero-order valence-electron chi connectivity index (χ0n) is 15.9. The van der Waals surface area contributed by atoms with E-state index in [1.165, 1.54) is 16.3 Å². The smallest absolute Gasteiger partial charge is 0.241 e. The molecule has 1 aromatic heterocycles. The van der Waals surface area contributed by atoms with Crippen LogP contribution in [-0.4, -0.2) is 16.7 Å². The predicted molar refractivity (Wildman–Crippen MR) is 116 cm³/mol. The van der Waals surface area contributed by atoms with Gasteiger partial charge in [-0.2, -0.15) is 5.10 Å². The lowest BCUT2D eigenvalue weighted by Gasteiger charge is -2.06. The van der Waals surface area contributed by atoms with Crippen LogP contribution in [0.25, 0.3) is 21.8 Å². The first-order valence-corrected chi connectivity index (χ1v) is 9.63. The van der Waals surface area contributed by atoms with Crippen molar-refractivity contribution in [1.82, 2.24) is 9.99 Å². The molecule has 0 aliphatic carbocycles. The third-order valence-electron chi connectivity index (χ3n) is 5.03. The summed E-state index contributed by atoms with van der Waals surface area (Å²) in [6.45, 7) is 2.74. The van der Waals surface area contributed by atoms with Crippen LogP contribution in [0.4, 0.5) is 0 Å². The van der Waals surface area contributed by atoms with Crippen LogP contribution in [-0.2, 0) is 17.8 Å². The van der Waals surface area contributed by atoms with Crippen molar-refractivity contribution >= 4 is 33.9 Å². The molecule has 0 aliphatic rings. The number of nitrogens with one attached hydrogen (secondary N) is 1. The fourth-order valence-electron chi connectivity index (χ4n) is 3.53. The number of benzene rings is 3. The molecule has 4 aromatic rings. The van der Waals surface area contributed by atoms with Crippen LogP contribution in [0.2, 0.25) is 0 Å². The number of para-hydroxylation sites is 2. The number of fused-ring (bicyclic) bond motifs is 3. The summed E-state index contributed by atoms with van der Waals surface area (Å²) in [6, 6.07) is 24.8. The van der Waals surface area contributed by atoms with Crippen molar-refractivity contribution in [2.75, 3.05) is 0 Å². The molecule has 3 aromatic carbocycles. The highest BCUT2D eigenvalue weighted by Gasteiger charge is 2.10. The Bertz CT molecular complexity index is 1090. The zero-order valence-corrected chi connectivity index (χ0v) is 15.9. The fraction of sp³-hybridized carbons (Fsp3) is 0.167. The van der Waals surface area contributed by atoms with E-state index in [0.717, 1.165) is 23.0 Å². The summed E-state index contributed by atoms with van der Waals surface area (Å²) in [5.74, 6) is -0.0942. The van der Waals surface area contributed by atoms with E-state index in [4.69, 9.17) is 0 Å². The number of hydrogen-bond acceptors (Lipinski definition) is 2. The van der Waals surface area contributed by atoms with Crippen molar-refractivity contribution in [1.29, 1.82) is 0 Å². The Balaban J connectivity index is 1.44. The Hall–Kier alpha value is -3.40. The van der Waals surface area contributed by atoms with Crippen LogP contribution >= 0.6 is 0 Å². The average Bonchev–Trinajstić information content (AvgIpc) is 3.07. The number of hydrazone groups is 1. The number of amides is 1. The standard InChI is InChI=1S/C24H23N3O/c1-2-18-11-13-19(14-12-18)17-25-26-24(28)15-16-27-22-9-5-3-7-20(22)21-8-4-6-10-23(21)27/h3-14,17H,2,15-16H2,1H3,(H,26,28)/b25-17+. The van der Waals surface area contributed by atoms with Gasteiger partial charge in [0, 0.05) is 34.8 Å². The number of aromatic nitrogens is 1. The maximum absolute atomic E-state index is 12.3. The molecule has 0 saturated carbocycles. The van der Waals surface area contributed by atoms with Gasteiger partial charge in [0.2, 0.25) is 5.91 Å². The van der Waals surface area contributed by atoms with Crippen molar-refractivity contribution < 1.29 is 4.79 Å². The van der Waals surface area contributed by atoms with Gasteiger partial charge >= 0.3 is 0 Å². The van der Waals surface area contributed by atoms with E-state index < -0.39 is 0 Å². The van der Waals surface area contributed by atoms with E-state index in [1.807, 2.05) is 36.4 Å². The van der Waals surface area contributed by atoms with Crippen LogP contribution in [0.3, 0.4) is 0 Å². The van der Waals surface area contributed by atoms with Crippen LogP contribution in [0.1, 0.15) is 24.5 Å². The van der Waals surface area contributed by atoms with Gasteiger partial charge in [-0.25, -0.2) is 5.43 Å². The molecule has 140 valence electrons. The molecule has 0 radical (unpaired) electrons. The second-order valence-corrected chi connectivity index (χ2v) is 6.82. The van der Waals surface area contributed by atoms with Gasteiger partial charge in [0.1, 0.15) is 0 Å². The van der Waals surface area contributed by atoms with E-state index in [1.54, 1.807) is 6.21 Å². The van der Waals surface area contributed by atoms with Crippen LogP contribution in [0.5, 0.6) is 0 Å². The Morgan fingerprint density at radius 2 is 1.54 bits per heavy atom. The minimum atomic E-state index is -0.0942. The fourth-order valence-corrected chi connectivity index (χ4v) is 3.53. The van der Waals surface area contributed by atoms with Crippen molar-refractivity contribution in [2.45, 2.75) is 26.3 Å². The van der Waals surface area contributed by atoms with Gasteiger partial charge in [0.05, 0.1) is 6.21 Å². The first-order chi connectivity index (χ1) is 13.8. The average molecular weight is 369 g/mol. The molecule has 4 rings (SSSR count). The highest BCUT2D eigenvalue weighted by Crippen LogP contribution is 2.28. The number of hydrogen-bond donors (Lipinski definition) is 1. The van der Waals surface area contributed by atoms with Crippen LogP contribution < -0.4 is 5.43 Å². The van der Waals surface area contributed by atoms with E-state index in [2.05, 4.69) is 58.4 Å². The van der Waals surface area contributed by atoms with Crippen LogP contribution in [0, 0.1) is 0 Å². The lowest BCUT2D eigenvalue weighted by Crippen LogP contribution is -2.19. The van der Waals surface area contributed by atoms with E-state index in [0.29, 0.717) is 13.0 Å². The molecule has 0 spiro atoms. The summed E-state index contributed by atoms with van der Waals surface area (Å²) in [5.41, 5.74) is 7.19. The van der Waals surface area contributed by atoms with Crippen molar-refractivity contribution in [3.63, 3.8) is 0 Å². The highest BCUT2D eigenvalue weighted by atomic mass is 16.2. The molecule has 1 amide bonds. The molecule has 1 N–H and O–H groups in total. The quantitative estimate of drug-likeness (QED) is 0.381. The van der Waals surface area contributed by atoms with Gasteiger partial charge in [-0.05, 0) is 29.7 Å². The molecule has 0 bridgehead atoms. The third-order valence-corrected chi connectivity index (χ3v) is 5.03. The highest BCUT2D eigenvalue weighted by molar-refractivity contribution is 6.08. The number of nitrogens with zero attached hydrogens (tertiary/aromatic N) is 2. The largest absolute Gasteiger partial charge is 0.340 e. The topological polar surface area (TPSA) is 46.4 Å². The Morgan fingerprint density at radius 1 is 0.929 bits per heavy atom. The number of aryl methyl sites for hydroxylation is 2. The molecule has 28 heavy (non-hydrogen) atoms. The van der Waals surface area contributed by atoms with Gasteiger partial charge < -0.3 is 4.57 Å². The first-order valence-electron chi connectivity index (χ1n) is 9.63. The van der Waals surface area contributed by atoms with Gasteiger partial charge in [-0.3, -0.25) is 4.79 Å². The summed E-state index contributed by atoms with van der Waals surface area (Å²) in [5, 5.41) is 6.52. The van der Waals surface area contributed by atoms with Crippen molar-refractivity contribution in [2.24, 2.45) is 5.10 Å². The maximum atomic E-state index is 12.3. The molecule has 4 nitrogen and oxygen atoms in total. The molecular weight excluding hydrogens is 346 g/mol. The van der Waals surface area contributed by atoms with Gasteiger partial charge in [-0.15, -0.1) is 0 Å². The molecule has 0 unspecified atom stereocenters. The maximum Gasteiger partial charge on any atom is 0.241 e. The van der Waals surface area contributed by atoms with Gasteiger partial charge in [-0.1, -0.05) is 67.6 Å². The second-order valence-electron chi connectivity index (χ2n) is 6.82. The van der Waals surface area contributed by atoms with E-state index >= 15 is 0 Å². The SMILES string of the molecule is CCc1ccc(/C=N/NC(=O)CCn2c3ccccc3c3ccccc32)cc1. The predicted octanol–water partition coefficient (Wildman–Crippen LogP) is 4.90. The normalized spacial score (nSPS) is 11.5. The number of carbonyl (C=O) groups is 1. The first kappa shape index (κ1) is 18.0. The molecular formula is C24H23N3O. The Morgan fingerprint density at radius 3 is 2.14 bits per heavy atom. The van der Waals surface area contributed by atoms with Crippen molar-refractivity contribution in [3.05, 3.63) is 83.9 Å². The summed E-state index contributed by atoms with van der Waals surface area (Å²) >= 11 is 0. The van der Waals surface area contributed by atoms with Gasteiger partial charge in [0.25, 0.3) is 0 Å². The monoisotopic (exact) mass is 369 g/mol. The number of rotatable bonds is 6. The summed E-state index contributed by atoms with van der Waals surface area (Å²) in [7, 11) is 0. The van der Waals surface area contributed by atoms with Crippen molar-refractivity contribution in [3.8, 4) is 0 Å². The zero-order chi connectivity index (χ0) is 19.3. The third kappa shape index (κ3) is 3.67. The number of carbonyl (C=O) groups excluding carboxylic acids is 1. The molecule has 0 saturated heterocycles. The minimum Gasteiger partial charge on any atom is -0.340 e. The minimum absolute atomic E-state index is 0.0942. The molecule has 0 fully saturated rings. The van der Waals surface area contributed by atoms with Gasteiger partial charge in [0.15, 0.2) is 0 Å². The molecule has 0 aliphatic heterocycles. The van der Waals surface area contributed by atoms with E-state index in [9.17, 15) is 4.79 Å². The summed E-state index contributed by atoms with van der Waals surface area (Å²) < 4.78 is 2.21. The molecule has 1 heterocycles. The Labute approximate surface area is 164 Å². The summed E-state index contributed by atoms with van der Waals surface area (Å²) in [6.07, 6.45) is 3.06. The van der Waals surface area contributed by atoms with E-state index in [-0.39, 0.29) is 5.91 Å². The molecule has 0 atom stereocenters. The molecule has 4 heteroatoms. The summed E-state index contributed by atoms with van der Waals surface area (Å²) in [4.78, 5) is 12.3. The van der Waals surface area contributed by atoms with Crippen LogP contribution in [0.15, 0.2) is 77.9 Å². The lowest BCUT2D eigenvalue weighted by atomic mass is 10.1.